The molecule has 0 unspecified atom stereocenters. The second-order valence-corrected chi connectivity index (χ2v) is 6.09. The molecule has 1 aliphatic rings. The van der Waals surface area contributed by atoms with Crippen molar-refractivity contribution in [2.45, 2.75) is 0 Å². The number of anilines is 1. The zero-order chi connectivity index (χ0) is 20.4. The van der Waals surface area contributed by atoms with E-state index >= 15 is 0 Å². The SMILES string of the molecule is O=C(c1cc([N+](=O)[O-])ccc1F)N1CCN(c2ccc([N+](=O)[O-])cc2F)CC1. The number of nitro groups is 2. The van der Waals surface area contributed by atoms with Gasteiger partial charge in [-0.2, -0.15) is 0 Å². The number of hydrogen-bond acceptors (Lipinski definition) is 6. The number of piperazine rings is 1. The fourth-order valence-electron chi connectivity index (χ4n) is 2.98. The molecular formula is C17H14F2N4O5. The highest BCUT2D eigenvalue weighted by atomic mass is 19.1. The van der Waals surface area contributed by atoms with Crippen LogP contribution in [0.15, 0.2) is 36.4 Å². The van der Waals surface area contributed by atoms with Crippen molar-refractivity contribution in [3.63, 3.8) is 0 Å². The maximum absolute atomic E-state index is 14.1. The minimum atomic E-state index is -0.862. The first kappa shape index (κ1) is 19.1. The number of benzene rings is 2. The highest BCUT2D eigenvalue weighted by molar-refractivity contribution is 5.95. The highest BCUT2D eigenvalue weighted by Crippen LogP contribution is 2.26. The zero-order valence-electron chi connectivity index (χ0n) is 14.4. The normalized spacial score (nSPS) is 14.1. The molecule has 11 heteroatoms. The van der Waals surface area contributed by atoms with E-state index < -0.39 is 38.6 Å². The minimum Gasteiger partial charge on any atom is -0.366 e. The van der Waals surface area contributed by atoms with Crippen LogP contribution in [0.2, 0.25) is 0 Å². The predicted octanol–water partition coefficient (Wildman–Crippen LogP) is 2.74. The standard InChI is InChI=1S/C17H14F2N4O5/c18-14-3-1-11(22(25)26)9-13(14)17(24)21-7-5-20(6-8-21)16-4-2-12(23(27)28)10-15(16)19/h1-4,9-10H,5-8H2. The summed E-state index contributed by atoms with van der Waals surface area (Å²) in [6, 6.07) is 6.04. The van der Waals surface area contributed by atoms with Crippen molar-refractivity contribution < 1.29 is 23.4 Å². The first-order valence-corrected chi connectivity index (χ1v) is 8.20. The van der Waals surface area contributed by atoms with Crippen LogP contribution < -0.4 is 4.90 Å². The highest BCUT2D eigenvalue weighted by Gasteiger charge is 2.27. The van der Waals surface area contributed by atoms with Gasteiger partial charge in [-0.05, 0) is 12.1 Å². The van der Waals surface area contributed by atoms with Gasteiger partial charge < -0.3 is 9.80 Å². The largest absolute Gasteiger partial charge is 0.366 e. The van der Waals surface area contributed by atoms with Crippen LogP contribution >= 0.6 is 0 Å². The Morgan fingerprint density at radius 2 is 1.43 bits per heavy atom. The molecule has 0 saturated carbocycles. The van der Waals surface area contributed by atoms with E-state index in [4.69, 9.17) is 0 Å². The average molecular weight is 392 g/mol. The Kier molecular flexibility index (Phi) is 5.16. The van der Waals surface area contributed by atoms with E-state index in [2.05, 4.69) is 0 Å². The molecule has 1 aliphatic heterocycles. The molecule has 0 aliphatic carbocycles. The third-order valence-electron chi connectivity index (χ3n) is 4.44. The average Bonchev–Trinajstić information content (AvgIpc) is 2.67. The maximum Gasteiger partial charge on any atom is 0.272 e. The Labute approximate surface area is 157 Å². The molecule has 0 aromatic heterocycles. The van der Waals surface area contributed by atoms with Crippen molar-refractivity contribution in [2.75, 3.05) is 31.1 Å². The van der Waals surface area contributed by atoms with Crippen LogP contribution in [0.25, 0.3) is 0 Å². The van der Waals surface area contributed by atoms with Crippen LogP contribution in [-0.2, 0) is 0 Å². The van der Waals surface area contributed by atoms with Gasteiger partial charge in [-0.3, -0.25) is 25.0 Å². The summed E-state index contributed by atoms with van der Waals surface area (Å²) in [4.78, 5) is 35.6. The van der Waals surface area contributed by atoms with Crippen LogP contribution in [0.3, 0.4) is 0 Å². The molecule has 1 amide bonds. The number of carbonyl (C=O) groups is 1. The first-order chi connectivity index (χ1) is 13.3. The van der Waals surface area contributed by atoms with Crippen molar-refractivity contribution in [3.8, 4) is 0 Å². The summed E-state index contributed by atoms with van der Waals surface area (Å²) in [5, 5.41) is 21.5. The van der Waals surface area contributed by atoms with Gasteiger partial charge in [0, 0.05) is 44.4 Å². The van der Waals surface area contributed by atoms with Gasteiger partial charge >= 0.3 is 0 Å². The van der Waals surface area contributed by atoms with Gasteiger partial charge in [0.05, 0.1) is 27.2 Å². The number of hydrogen-bond donors (Lipinski definition) is 0. The number of nitro benzene ring substituents is 2. The molecule has 9 nitrogen and oxygen atoms in total. The van der Waals surface area contributed by atoms with Gasteiger partial charge in [0.2, 0.25) is 0 Å². The molecule has 146 valence electrons. The minimum absolute atomic E-state index is 0.136. The van der Waals surface area contributed by atoms with Gasteiger partial charge in [-0.25, -0.2) is 8.78 Å². The lowest BCUT2D eigenvalue weighted by Crippen LogP contribution is -2.49. The van der Waals surface area contributed by atoms with Gasteiger partial charge in [0.15, 0.2) is 5.82 Å². The lowest BCUT2D eigenvalue weighted by molar-refractivity contribution is -0.385. The summed E-state index contributed by atoms with van der Waals surface area (Å²) >= 11 is 0. The maximum atomic E-state index is 14.1. The molecule has 0 bridgehead atoms. The number of nitrogens with zero attached hydrogens (tertiary/aromatic N) is 4. The Balaban J connectivity index is 1.72. The lowest BCUT2D eigenvalue weighted by Gasteiger charge is -2.36. The lowest BCUT2D eigenvalue weighted by atomic mass is 10.1. The predicted molar refractivity (Wildman–Crippen MR) is 94.2 cm³/mol. The zero-order valence-corrected chi connectivity index (χ0v) is 14.4. The quantitative estimate of drug-likeness (QED) is 0.585. The van der Waals surface area contributed by atoms with Crippen LogP contribution in [0.4, 0.5) is 25.8 Å². The summed E-state index contributed by atoms with van der Waals surface area (Å²) in [6.45, 7) is 0.711. The van der Waals surface area contributed by atoms with Crippen molar-refractivity contribution >= 4 is 23.0 Å². The number of amides is 1. The molecule has 28 heavy (non-hydrogen) atoms. The smallest absolute Gasteiger partial charge is 0.272 e. The Hall–Kier alpha value is -3.63. The molecule has 1 saturated heterocycles. The molecule has 1 fully saturated rings. The number of non-ortho nitro benzene ring substituents is 2. The molecule has 0 spiro atoms. The van der Waals surface area contributed by atoms with Crippen LogP contribution in [0, 0.1) is 31.9 Å². The van der Waals surface area contributed by atoms with Crippen LogP contribution in [0.5, 0.6) is 0 Å². The monoisotopic (exact) mass is 392 g/mol. The molecule has 2 aromatic rings. The molecule has 0 radical (unpaired) electrons. The summed E-state index contributed by atoms with van der Waals surface area (Å²) in [5.74, 6) is -2.30. The molecular weight excluding hydrogens is 378 g/mol. The van der Waals surface area contributed by atoms with E-state index in [9.17, 15) is 33.8 Å². The summed E-state index contributed by atoms with van der Waals surface area (Å²) < 4.78 is 28.1. The van der Waals surface area contributed by atoms with E-state index in [1.54, 1.807) is 4.90 Å². The molecule has 1 heterocycles. The Morgan fingerprint density at radius 3 is 2.00 bits per heavy atom. The van der Waals surface area contributed by atoms with E-state index in [0.717, 1.165) is 24.3 Å². The Bertz CT molecular complexity index is 961. The topological polar surface area (TPSA) is 110 Å². The van der Waals surface area contributed by atoms with Crippen LogP contribution in [-0.4, -0.2) is 46.8 Å². The van der Waals surface area contributed by atoms with Crippen molar-refractivity contribution in [1.29, 1.82) is 0 Å². The van der Waals surface area contributed by atoms with Crippen molar-refractivity contribution in [2.24, 2.45) is 0 Å². The van der Waals surface area contributed by atoms with Crippen molar-refractivity contribution in [3.05, 3.63) is 73.8 Å². The fourth-order valence-corrected chi connectivity index (χ4v) is 2.98. The van der Waals surface area contributed by atoms with Gasteiger partial charge in [0.1, 0.15) is 5.82 Å². The van der Waals surface area contributed by atoms with Gasteiger partial charge in [0.25, 0.3) is 17.3 Å². The number of halogens is 2. The summed E-state index contributed by atoms with van der Waals surface area (Å²) in [6.07, 6.45) is 0. The molecule has 2 aromatic carbocycles. The number of carbonyl (C=O) groups excluding carboxylic acids is 1. The third-order valence-corrected chi connectivity index (χ3v) is 4.44. The first-order valence-electron chi connectivity index (χ1n) is 8.20. The van der Waals surface area contributed by atoms with E-state index in [1.165, 1.54) is 17.0 Å². The van der Waals surface area contributed by atoms with E-state index in [-0.39, 0.29) is 37.6 Å². The Morgan fingerprint density at radius 1 is 0.857 bits per heavy atom. The van der Waals surface area contributed by atoms with Crippen molar-refractivity contribution in [1.82, 2.24) is 4.90 Å². The fraction of sp³-hybridized carbons (Fsp3) is 0.235. The molecule has 0 atom stereocenters. The number of rotatable bonds is 4. The second kappa shape index (κ2) is 7.55. The van der Waals surface area contributed by atoms with Gasteiger partial charge in [-0.1, -0.05) is 0 Å². The van der Waals surface area contributed by atoms with Gasteiger partial charge in [-0.15, -0.1) is 0 Å². The van der Waals surface area contributed by atoms with E-state index in [0.29, 0.717) is 0 Å². The summed E-state index contributed by atoms with van der Waals surface area (Å²) in [5.41, 5.74) is -0.990. The molecule has 3 rings (SSSR count). The van der Waals surface area contributed by atoms with Crippen LogP contribution in [0.1, 0.15) is 10.4 Å². The molecule has 0 N–H and O–H groups in total. The van der Waals surface area contributed by atoms with E-state index in [1.807, 2.05) is 0 Å². The third kappa shape index (κ3) is 3.72. The summed E-state index contributed by atoms with van der Waals surface area (Å²) in [7, 11) is 0. The second-order valence-electron chi connectivity index (χ2n) is 6.09.